The number of nitrogens with one attached hydrogen (secondary N) is 2. The highest BCUT2D eigenvalue weighted by atomic mass is 19.1. The summed E-state index contributed by atoms with van der Waals surface area (Å²) in [5.41, 5.74) is -0.724. The molecule has 2 N–H and O–H groups in total. The van der Waals surface area contributed by atoms with Gasteiger partial charge in [-0.25, -0.2) is 13.8 Å². The van der Waals surface area contributed by atoms with Crippen LogP contribution in [0.2, 0.25) is 0 Å². The molecule has 2 aliphatic heterocycles. The van der Waals surface area contributed by atoms with Gasteiger partial charge >= 0.3 is 0 Å². The van der Waals surface area contributed by atoms with Crippen LogP contribution in [0.1, 0.15) is 44.5 Å². The molecule has 2 aromatic rings. The largest absolute Gasteiger partial charge is 0.353 e. The molecule has 8 nitrogen and oxygen atoms in total. The van der Waals surface area contributed by atoms with E-state index in [1.54, 1.807) is 29.2 Å². The van der Waals surface area contributed by atoms with Crippen molar-refractivity contribution < 1.29 is 18.4 Å². The number of nitrogens with zero attached hydrogens (tertiary/aromatic N) is 4. The number of anilines is 3. The van der Waals surface area contributed by atoms with Gasteiger partial charge in [0.15, 0.2) is 11.6 Å². The summed E-state index contributed by atoms with van der Waals surface area (Å²) >= 11 is 0. The topological polar surface area (TPSA) is 90.5 Å². The van der Waals surface area contributed by atoms with E-state index in [1.165, 1.54) is 6.92 Å². The lowest BCUT2D eigenvalue weighted by molar-refractivity contribution is -0.133. The molecular weight excluding hydrogens is 466 g/mol. The van der Waals surface area contributed by atoms with E-state index in [-0.39, 0.29) is 34.4 Å². The average Bonchev–Trinajstić information content (AvgIpc) is 3.27. The van der Waals surface area contributed by atoms with Gasteiger partial charge in [0.25, 0.3) is 5.91 Å². The number of benzene rings is 1. The lowest BCUT2D eigenvalue weighted by Gasteiger charge is -2.29. The maximum absolute atomic E-state index is 14.9. The molecule has 2 unspecified atom stereocenters. The average molecular weight is 499 g/mol. The molecule has 1 aliphatic carbocycles. The van der Waals surface area contributed by atoms with Gasteiger partial charge in [-0.15, -0.1) is 0 Å². The fourth-order valence-corrected chi connectivity index (χ4v) is 5.61. The van der Waals surface area contributed by atoms with Crippen molar-refractivity contribution in [3.63, 3.8) is 0 Å². The third kappa shape index (κ3) is 4.16. The molecule has 3 aliphatic rings. The summed E-state index contributed by atoms with van der Waals surface area (Å²) in [5.74, 6) is -0.860. The predicted molar refractivity (Wildman–Crippen MR) is 132 cm³/mol. The van der Waals surface area contributed by atoms with E-state index in [1.807, 2.05) is 11.8 Å². The highest BCUT2D eigenvalue weighted by molar-refractivity contribution is 5.94. The minimum atomic E-state index is -1.39. The summed E-state index contributed by atoms with van der Waals surface area (Å²) in [6.07, 6.45) is 1.44. The van der Waals surface area contributed by atoms with E-state index in [0.29, 0.717) is 50.4 Å². The Hall–Kier alpha value is -3.30. The van der Waals surface area contributed by atoms with E-state index in [0.717, 1.165) is 6.20 Å². The quantitative estimate of drug-likeness (QED) is 0.633. The number of hydrogen-bond acceptors (Lipinski definition) is 6. The molecule has 2 amide bonds. The molecule has 192 valence electrons. The second-order valence-corrected chi connectivity index (χ2v) is 11.1. The van der Waals surface area contributed by atoms with Crippen molar-refractivity contribution in [3.05, 3.63) is 41.8 Å². The zero-order valence-electron chi connectivity index (χ0n) is 21.1. The molecule has 10 heteroatoms. The number of aromatic nitrogens is 2. The van der Waals surface area contributed by atoms with Crippen LogP contribution >= 0.6 is 0 Å². The van der Waals surface area contributed by atoms with Crippen LogP contribution in [0.25, 0.3) is 0 Å². The van der Waals surface area contributed by atoms with Gasteiger partial charge in [-0.1, -0.05) is 13.8 Å². The Morgan fingerprint density at radius 2 is 1.69 bits per heavy atom. The molecule has 4 atom stereocenters. The monoisotopic (exact) mass is 498 g/mol. The van der Waals surface area contributed by atoms with Crippen molar-refractivity contribution in [2.45, 2.75) is 39.8 Å². The van der Waals surface area contributed by atoms with Crippen molar-refractivity contribution in [3.8, 4) is 0 Å². The van der Waals surface area contributed by atoms with E-state index in [4.69, 9.17) is 0 Å². The number of fused-ring (bicyclic) bond motifs is 1. The third-order valence-corrected chi connectivity index (χ3v) is 8.16. The van der Waals surface area contributed by atoms with Crippen LogP contribution in [-0.4, -0.2) is 65.1 Å². The second-order valence-electron chi connectivity index (χ2n) is 11.1. The van der Waals surface area contributed by atoms with Gasteiger partial charge in [-0.2, -0.15) is 4.98 Å². The maximum Gasteiger partial charge on any atom is 0.251 e. The Labute approximate surface area is 209 Å². The SMILES string of the molecule is CCNC(=O)c1ccc(Nc2ncc(F)c(N3C[C@]4(C)CN(C(=O)C5CC5(C)F)C[C@]4(C)C3)n2)cc1. The molecule has 1 aromatic heterocycles. The van der Waals surface area contributed by atoms with Crippen molar-refractivity contribution in [1.82, 2.24) is 20.2 Å². The summed E-state index contributed by atoms with van der Waals surface area (Å²) in [7, 11) is 0. The molecule has 0 radical (unpaired) electrons. The summed E-state index contributed by atoms with van der Waals surface area (Å²) in [4.78, 5) is 37.0. The Bertz CT molecular complexity index is 1190. The van der Waals surface area contributed by atoms with E-state index in [9.17, 15) is 18.4 Å². The second kappa shape index (κ2) is 8.38. The summed E-state index contributed by atoms with van der Waals surface area (Å²) < 4.78 is 29.0. The number of rotatable bonds is 6. The first-order valence-corrected chi connectivity index (χ1v) is 12.4. The summed E-state index contributed by atoms with van der Waals surface area (Å²) in [5, 5.41) is 5.83. The van der Waals surface area contributed by atoms with E-state index in [2.05, 4.69) is 34.4 Å². The number of amides is 2. The van der Waals surface area contributed by atoms with E-state index >= 15 is 0 Å². The number of carbonyl (C=O) groups is 2. The van der Waals surface area contributed by atoms with Gasteiger partial charge in [0, 0.05) is 54.8 Å². The standard InChI is InChI=1S/C26H32F2N6O2/c1-5-29-21(35)16-6-8-17(9-7-16)31-23-30-11-19(27)20(32-23)33-12-24(2)14-34(15-25(24,3)13-33)22(36)18-10-26(18,4)28/h6-9,11,18H,5,10,12-15H2,1-4H3,(H,29,35)(H,30,31,32)/t18?,24-,25+,26?. The van der Waals surface area contributed by atoms with Gasteiger partial charge in [0.1, 0.15) is 5.67 Å². The van der Waals surface area contributed by atoms with Crippen LogP contribution in [0.4, 0.5) is 26.2 Å². The lowest BCUT2D eigenvalue weighted by atomic mass is 9.71. The van der Waals surface area contributed by atoms with Gasteiger partial charge in [-0.3, -0.25) is 9.59 Å². The molecule has 3 fully saturated rings. The van der Waals surface area contributed by atoms with E-state index < -0.39 is 17.4 Å². The van der Waals surface area contributed by atoms with Crippen molar-refractivity contribution in [1.29, 1.82) is 0 Å². The Morgan fingerprint density at radius 1 is 1.08 bits per heavy atom. The maximum atomic E-state index is 14.9. The van der Waals surface area contributed by atoms with Gasteiger partial charge in [0.2, 0.25) is 11.9 Å². The minimum absolute atomic E-state index is 0.110. The molecule has 36 heavy (non-hydrogen) atoms. The van der Waals surface area contributed by atoms with Crippen LogP contribution in [-0.2, 0) is 4.79 Å². The Kier molecular flexibility index (Phi) is 5.68. The smallest absolute Gasteiger partial charge is 0.251 e. The minimum Gasteiger partial charge on any atom is -0.353 e. The summed E-state index contributed by atoms with van der Waals surface area (Å²) in [6, 6.07) is 6.88. The van der Waals surface area contributed by atoms with Crippen LogP contribution in [0, 0.1) is 22.6 Å². The third-order valence-electron chi connectivity index (χ3n) is 8.16. The molecule has 1 saturated carbocycles. The molecular formula is C26H32F2N6O2. The number of carbonyl (C=O) groups excluding carboxylic acids is 2. The van der Waals surface area contributed by atoms with Gasteiger partial charge in [-0.05, 0) is 44.5 Å². The number of likely N-dealkylation sites (tertiary alicyclic amines) is 1. The first-order valence-electron chi connectivity index (χ1n) is 12.4. The Morgan fingerprint density at radius 3 is 2.25 bits per heavy atom. The molecule has 5 rings (SSSR count). The van der Waals surface area contributed by atoms with Crippen LogP contribution in [0.15, 0.2) is 30.5 Å². The van der Waals surface area contributed by atoms with Crippen LogP contribution in [0.3, 0.4) is 0 Å². The zero-order chi connectivity index (χ0) is 25.9. The molecule has 0 bridgehead atoms. The number of hydrogen-bond donors (Lipinski definition) is 2. The highest BCUT2D eigenvalue weighted by Crippen LogP contribution is 2.55. The zero-order valence-corrected chi connectivity index (χ0v) is 21.1. The number of halogens is 2. The number of alkyl halides is 1. The van der Waals surface area contributed by atoms with Gasteiger partial charge < -0.3 is 20.4 Å². The molecule has 2 saturated heterocycles. The predicted octanol–water partition coefficient (Wildman–Crippen LogP) is 3.53. The highest BCUT2D eigenvalue weighted by Gasteiger charge is 2.63. The van der Waals surface area contributed by atoms with Crippen LogP contribution in [0.5, 0.6) is 0 Å². The molecule has 0 spiro atoms. The first-order chi connectivity index (χ1) is 16.9. The van der Waals surface area contributed by atoms with Crippen LogP contribution < -0.4 is 15.5 Å². The summed E-state index contributed by atoms with van der Waals surface area (Å²) in [6.45, 7) is 10.2. The Balaban J connectivity index is 1.29. The fraction of sp³-hybridized carbons (Fsp3) is 0.538. The first kappa shape index (κ1) is 24.4. The fourth-order valence-electron chi connectivity index (χ4n) is 5.61. The molecule has 3 heterocycles. The van der Waals surface area contributed by atoms with Crippen molar-refractivity contribution in [2.75, 3.05) is 42.9 Å². The normalized spacial score (nSPS) is 30.8. The lowest BCUT2D eigenvalue weighted by Crippen LogP contribution is -2.38. The molecule has 1 aromatic carbocycles. The van der Waals surface area contributed by atoms with Crippen molar-refractivity contribution in [2.24, 2.45) is 16.7 Å². The van der Waals surface area contributed by atoms with Gasteiger partial charge in [0.05, 0.1) is 12.1 Å². The van der Waals surface area contributed by atoms with Crippen molar-refractivity contribution >= 4 is 29.3 Å².